The quantitative estimate of drug-likeness (QED) is 0.623. The fraction of sp³-hybridized carbons (Fsp3) is 0.400. The summed E-state index contributed by atoms with van der Waals surface area (Å²) in [6.07, 6.45) is 2.11. The van der Waals surface area contributed by atoms with Crippen LogP contribution in [0.2, 0.25) is 5.02 Å². The van der Waals surface area contributed by atoms with Gasteiger partial charge in [0.15, 0.2) is 0 Å². The molecule has 1 atom stereocenters. The van der Waals surface area contributed by atoms with Crippen LogP contribution in [0.4, 0.5) is 5.69 Å². The van der Waals surface area contributed by atoms with Crippen molar-refractivity contribution in [3.8, 4) is 0 Å². The summed E-state index contributed by atoms with van der Waals surface area (Å²) in [7, 11) is 0. The van der Waals surface area contributed by atoms with Gasteiger partial charge in [-0.1, -0.05) is 11.6 Å². The summed E-state index contributed by atoms with van der Waals surface area (Å²) >= 11 is 5.84. The molecule has 1 fully saturated rings. The van der Waals surface area contributed by atoms with Gasteiger partial charge in [0.25, 0.3) is 5.69 Å². The lowest BCUT2D eigenvalue weighted by Gasteiger charge is -2.10. The molecule has 0 aromatic heterocycles. The smallest absolute Gasteiger partial charge is 0.271 e. The van der Waals surface area contributed by atoms with E-state index in [0.29, 0.717) is 5.02 Å². The first-order chi connectivity index (χ1) is 7.16. The van der Waals surface area contributed by atoms with Gasteiger partial charge in [-0.05, 0) is 31.0 Å². The van der Waals surface area contributed by atoms with Crippen molar-refractivity contribution >= 4 is 17.3 Å². The van der Waals surface area contributed by atoms with Crippen LogP contribution < -0.4 is 5.32 Å². The van der Waals surface area contributed by atoms with E-state index in [-0.39, 0.29) is 11.7 Å². The van der Waals surface area contributed by atoms with Gasteiger partial charge in [-0.2, -0.15) is 0 Å². The number of hydrogen-bond acceptors (Lipinski definition) is 3. The van der Waals surface area contributed by atoms with Gasteiger partial charge in [-0.3, -0.25) is 10.1 Å². The largest absolute Gasteiger partial charge is 0.310 e. The van der Waals surface area contributed by atoms with E-state index in [4.69, 9.17) is 11.6 Å². The number of halogens is 1. The van der Waals surface area contributed by atoms with Gasteiger partial charge in [0, 0.05) is 23.2 Å². The Bertz CT molecular complexity index is 389. The molecule has 0 spiro atoms. The van der Waals surface area contributed by atoms with E-state index in [1.807, 2.05) is 0 Å². The lowest BCUT2D eigenvalue weighted by atomic mass is 10.0. The van der Waals surface area contributed by atoms with Gasteiger partial charge in [0.1, 0.15) is 0 Å². The zero-order chi connectivity index (χ0) is 10.8. The van der Waals surface area contributed by atoms with Gasteiger partial charge in [-0.25, -0.2) is 0 Å². The number of nitro benzene ring substituents is 1. The lowest BCUT2D eigenvalue weighted by Crippen LogP contribution is -2.12. The van der Waals surface area contributed by atoms with Crippen molar-refractivity contribution in [1.82, 2.24) is 5.32 Å². The fourth-order valence-corrected chi connectivity index (χ4v) is 2.11. The number of nitrogens with zero attached hydrogens (tertiary/aromatic N) is 1. The molecule has 1 N–H and O–H groups in total. The second-order valence-electron chi connectivity index (χ2n) is 3.65. The lowest BCUT2D eigenvalue weighted by molar-refractivity contribution is -0.384. The molecule has 2 rings (SSSR count). The Labute approximate surface area is 92.4 Å². The molecule has 0 aliphatic carbocycles. The molecule has 1 aromatic carbocycles. The third kappa shape index (κ3) is 2.27. The number of nitro groups is 1. The normalized spacial score (nSPS) is 20.5. The third-order valence-electron chi connectivity index (χ3n) is 2.58. The van der Waals surface area contributed by atoms with E-state index in [9.17, 15) is 10.1 Å². The van der Waals surface area contributed by atoms with E-state index in [1.54, 1.807) is 12.1 Å². The molecule has 5 heteroatoms. The van der Waals surface area contributed by atoms with Crippen molar-refractivity contribution in [3.05, 3.63) is 38.9 Å². The van der Waals surface area contributed by atoms with Crippen LogP contribution in [0.5, 0.6) is 0 Å². The maximum Gasteiger partial charge on any atom is 0.271 e. The molecule has 0 saturated carbocycles. The van der Waals surface area contributed by atoms with Crippen LogP contribution in [0, 0.1) is 10.1 Å². The highest BCUT2D eigenvalue weighted by Gasteiger charge is 2.19. The molecule has 80 valence electrons. The zero-order valence-electron chi connectivity index (χ0n) is 8.07. The molecular weight excluding hydrogens is 216 g/mol. The monoisotopic (exact) mass is 226 g/mol. The number of nitrogens with one attached hydrogen (secondary N) is 1. The highest BCUT2D eigenvalue weighted by atomic mass is 35.5. The third-order valence-corrected chi connectivity index (χ3v) is 2.80. The molecule has 1 saturated heterocycles. The minimum absolute atomic E-state index is 0.0613. The molecule has 1 heterocycles. The number of rotatable bonds is 2. The maximum atomic E-state index is 10.6. The molecular formula is C10H11ClN2O2. The minimum Gasteiger partial charge on any atom is -0.310 e. The summed E-state index contributed by atoms with van der Waals surface area (Å²) in [6, 6.07) is 4.97. The summed E-state index contributed by atoms with van der Waals surface area (Å²) in [6.45, 7) is 0.963. The van der Waals surface area contributed by atoms with Gasteiger partial charge in [0.05, 0.1) is 4.92 Å². The van der Waals surface area contributed by atoms with Crippen LogP contribution >= 0.6 is 11.6 Å². The van der Waals surface area contributed by atoms with Crippen LogP contribution in [0.15, 0.2) is 18.2 Å². The Hall–Kier alpha value is -1.13. The Morgan fingerprint density at radius 1 is 1.47 bits per heavy atom. The molecule has 0 bridgehead atoms. The van der Waals surface area contributed by atoms with Gasteiger partial charge >= 0.3 is 0 Å². The van der Waals surface area contributed by atoms with Crippen LogP contribution in [-0.2, 0) is 0 Å². The van der Waals surface area contributed by atoms with Crippen LogP contribution in [-0.4, -0.2) is 11.5 Å². The maximum absolute atomic E-state index is 10.6. The van der Waals surface area contributed by atoms with Gasteiger partial charge in [0.2, 0.25) is 0 Å². The molecule has 1 aliphatic rings. The second kappa shape index (κ2) is 4.16. The average molecular weight is 227 g/mol. The Kier molecular flexibility index (Phi) is 2.88. The van der Waals surface area contributed by atoms with E-state index < -0.39 is 4.92 Å². The zero-order valence-corrected chi connectivity index (χ0v) is 8.83. The van der Waals surface area contributed by atoms with E-state index in [0.717, 1.165) is 24.9 Å². The van der Waals surface area contributed by atoms with Crippen LogP contribution in [0.25, 0.3) is 0 Å². The molecule has 0 radical (unpaired) electrons. The van der Waals surface area contributed by atoms with Crippen LogP contribution in [0.3, 0.4) is 0 Å². The first-order valence-corrected chi connectivity index (χ1v) is 5.23. The molecule has 15 heavy (non-hydrogen) atoms. The summed E-state index contributed by atoms with van der Waals surface area (Å²) in [5.74, 6) is 0. The van der Waals surface area contributed by atoms with E-state index in [2.05, 4.69) is 5.32 Å². The topological polar surface area (TPSA) is 55.2 Å². The summed E-state index contributed by atoms with van der Waals surface area (Å²) in [5.41, 5.74) is 0.970. The Morgan fingerprint density at radius 2 is 2.27 bits per heavy atom. The number of benzene rings is 1. The molecule has 4 nitrogen and oxygen atoms in total. The Morgan fingerprint density at radius 3 is 2.87 bits per heavy atom. The number of non-ortho nitro benzene ring substituents is 1. The molecule has 0 amide bonds. The minimum atomic E-state index is -0.412. The standard InChI is InChI=1S/C10H11ClN2O2/c11-8-4-7(10-2-1-3-12-10)5-9(6-8)13(14)15/h4-6,10,12H,1-3H2. The fourth-order valence-electron chi connectivity index (χ4n) is 1.87. The first-order valence-electron chi connectivity index (χ1n) is 4.85. The van der Waals surface area contributed by atoms with Gasteiger partial charge in [-0.15, -0.1) is 0 Å². The molecule has 1 aromatic rings. The van der Waals surface area contributed by atoms with Crippen molar-refractivity contribution in [1.29, 1.82) is 0 Å². The predicted octanol–water partition coefficient (Wildman–Crippen LogP) is 2.67. The average Bonchev–Trinajstić information content (AvgIpc) is 2.69. The predicted molar refractivity (Wildman–Crippen MR) is 58.1 cm³/mol. The Balaban J connectivity index is 2.34. The highest BCUT2D eigenvalue weighted by Crippen LogP contribution is 2.29. The van der Waals surface area contributed by atoms with Crippen LogP contribution in [0.1, 0.15) is 24.4 Å². The summed E-state index contributed by atoms with van der Waals surface area (Å²) in [5, 5.41) is 14.4. The van der Waals surface area contributed by atoms with Crippen molar-refractivity contribution in [2.75, 3.05) is 6.54 Å². The van der Waals surface area contributed by atoms with Crippen molar-refractivity contribution in [2.24, 2.45) is 0 Å². The first kappa shape index (κ1) is 10.4. The summed E-state index contributed by atoms with van der Waals surface area (Å²) < 4.78 is 0. The van der Waals surface area contributed by atoms with Gasteiger partial charge < -0.3 is 5.32 Å². The van der Waals surface area contributed by atoms with E-state index in [1.165, 1.54) is 6.07 Å². The van der Waals surface area contributed by atoms with Crippen molar-refractivity contribution < 1.29 is 4.92 Å². The van der Waals surface area contributed by atoms with Crippen molar-refractivity contribution in [3.63, 3.8) is 0 Å². The second-order valence-corrected chi connectivity index (χ2v) is 4.09. The number of hydrogen-bond donors (Lipinski definition) is 1. The van der Waals surface area contributed by atoms with E-state index >= 15 is 0 Å². The highest BCUT2D eigenvalue weighted by molar-refractivity contribution is 6.30. The molecule has 1 aliphatic heterocycles. The SMILES string of the molecule is O=[N+]([O-])c1cc(Cl)cc(C2CCCN2)c1. The summed E-state index contributed by atoms with van der Waals surface area (Å²) in [4.78, 5) is 10.2. The molecule has 1 unspecified atom stereocenters. The van der Waals surface area contributed by atoms with Crippen molar-refractivity contribution in [2.45, 2.75) is 18.9 Å².